The van der Waals surface area contributed by atoms with Gasteiger partial charge in [-0.2, -0.15) is 0 Å². The van der Waals surface area contributed by atoms with Crippen LogP contribution in [0.5, 0.6) is 0 Å². The van der Waals surface area contributed by atoms with Gasteiger partial charge in [0.15, 0.2) is 5.78 Å². The van der Waals surface area contributed by atoms with Crippen LogP contribution in [0.25, 0.3) is 0 Å². The molecule has 2 fully saturated rings. The summed E-state index contributed by atoms with van der Waals surface area (Å²) in [6.45, 7) is 11.3. The predicted octanol–water partition coefficient (Wildman–Crippen LogP) is 3.42. The largest absolute Gasteiger partial charge is 0.375 e. The molecule has 0 radical (unpaired) electrons. The van der Waals surface area contributed by atoms with E-state index in [-0.39, 0.29) is 17.1 Å². The van der Waals surface area contributed by atoms with Gasteiger partial charge in [0, 0.05) is 12.5 Å². The number of nitrogens with zero attached hydrogens (tertiary/aromatic N) is 1. The zero-order valence-corrected chi connectivity index (χ0v) is 13.7. The van der Waals surface area contributed by atoms with Gasteiger partial charge in [-0.3, -0.25) is 9.69 Å². The molecule has 1 saturated heterocycles. The van der Waals surface area contributed by atoms with Crippen molar-refractivity contribution in [2.75, 3.05) is 19.7 Å². The summed E-state index contributed by atoms with van der Waals surface area (Å²) in [5.41, 5.74) is -0.229. The molecule has 1 saturated carbocycles. The number of rotatable bonds is 6. The molecular formula is C17H31NO2. The number of carbonyl (C=O) groups is 1. The van der Waals surface area contributed by atoms with Gasteiger partial charge < -0.3 is 4.74 Å². The van der Waals surface area contributed by atoms with Gasteiger partial charge in [0.1, 0.15) is 0 Å². The summed E-state index contributed by atoms with van der Waals surface area (Å²) in [7, 11) is 0. The van der Waals surface area contributed by atoms with E-state index in [2.05, 4.69) is 32.6 Å². The predicted molar refractivity (Wildman–Crippen MR) is 81.9 cm³/mol. The molecule has 0 N–H and O–H groups in total. The SMILES string of the molecule is CCN(CC)C(C)(CC)C(=O)C1CCOC2(CCC2)C1. The van der Waals surface area contributed by atoms with Gasteiger partial charge in [-0.15, -0.1) is 0 Å². The fourth-order valence-electron chi connectivity index (χ4n) is 4.09. The lowest BCUT2D eigenvalue weighted by Crippen LogP contribution is -2.57. The normalized spacial score (nSPS) is 28.1. The Kier molecular flexibility index (Phi) is 4.91. The first-order valence-electron chi connectivity index (χ1n) is 8.44. The van der Waals surface area contributed by atoms with Crippen LogP contribution in [0, 0.1) is 5.92 Å². The number of likely N-dealkylation sites (N-methyl/N-ethyl adjacent to an activating group) is 1. The van der Waals surface area contributed by atoms with Crippen molar-refractivity contribution in [3.05, 3.63) is 0 Å². The Morgan fingerprint density at radius 2 is 1.95 bits per heavy atom. The Hall–Kier alpha value is -0.410. The minimum Gasteiger partial charge on any atom is -0.375 e. The second-order valence-electron chi connectivity index (χ2n) is 6.74. The average molecular weight is 281 g/mol. The molecule has 20 heavy (non-hydrogen) atoms. The molecule has 0 amide bonds. The number of Topliss-reactive ketones (excluding diaryl/α,β-unsaturated/α-hetero) is 1. The van der Waals surface area contributed by atoms with Crippen molar-refractivity contribution in [2.24, 2.45) is 5.92 Å². The molecule has 2 unspecified atom stereocenters. The maximum atomic E-state index is 13.1. The Bertz CT molecular complexity index is 347. The highest BCUT2D eigenvalue weighted by molar-refractivity contribution is 5.90. The van der Waals surface area contributed by atoms with E-state index in [4.69, 9.17) is 4.74 Å². The molecule has 0 aromatic heterocycles. The van der Waals surface area contributed by atoms with Crippen LogP contribution < -0.4 is 0 Å². The molecule has 1 aliphatic heterocycles. The van der Waals surface area contributed by atoms with Gasteiger partial charge in [0.2, 0.25) is 0 Å². The molecule has 1 aliphatic carbocycles. The topological polar surface area (TPSA) is 29.5 Å². The monoisotopic (exact) mass is 281 g/mol. The number of carbonyl (C=O) groups excluding carboxylic acids is 1. The van der Waals surface area contributed by atoms with Crippen molar-refractivity contribution in [3.8, 4) is 0 Å². The maximum Gasteiger partial charge on any atom is 0.156 e. The van der Waals surface area contributed by atoms with Crippen LogP contribution in [0.2, 0.25) is 0 Å². The Balaban J connectivity index is 2.11. The van der Waals surface area contributed by atoms with E-state index in [0.29, 0.717) is 5.78 Å². The van der Waals surface area contributed by atoms with Gasteiger partial charge >= 0.3 is 0 Å². The first kappa shape index (κ1) is 16.0. The minimum absolute atomic E-state index is 0.0660. The molecule has 1 spiro atoms. The van der Waals surface area contributed by atoms with Crippen molar-refractivity contribution < 1.29 is 9.53 Å². The van der Waals surface area contributed by atoms with Crippen molar-refractivity contribution in [3.63, 3.8) is 0 Å². The summed E-state index contributed by atoms with van der Waals surface area (Å²) in [5, 5.41) is 0. The molecule has 3 nitrogen and oxygen atoms in total. The molecule has 2 rings (SSSR count). The summed E-state index contributed by atoms with van der Waals surface area (Å²) < 4.78 is 5.98. The van der Waals surface area contributed by atoms with Crippen LogP contribution >= 0.6 is 0 Å². The van der Waals surface area contributed by atoms with E-state index >= 15 is 0 Å². The summed E-state index contributed by atoms with van der Waals surface area (Å²) >= 11 is 0. The van der Waals surface area contributed by atoms with E-state index in [0.717, 1.165) is 51.8 Å². The summed E-state index contributed by atoms with van der Waals surface area (Å²) in [6.07, 6.45) is 6.36. The fraction of sp³-hybridized carbons (Fsp3) is 0.941. The highest BCUT2D eigenvalue weighted by Crippen LogP contribution is 2.45. The first-order chi connectivity index (χ1) is 9.51. The van der Waals surface area contributed by atoms with Gasteiger partial charge in [-0.05, 0) is 58.5 Å². The lowest BCUT2D eigenvalue weighted by atomic mass is 9.68. The van der Waals surface area contributed by atoms with Crippen LogP contribution in [0.3, 0.4) is 0 Å². The summed E-state index contributed by atoms with van der Waals surface area (Å²) in [5.74, 6) is 0.660. The van der Waals surface area contributed by atoms with E-state index in [9.17, 15) is 4.79 Å². The van der Waals surface area contributed by atoms with Crippen LogP contribution in [0.4, 0.5) is 0 Å². The average Bonchev–Trinajstić information content (AvgIpc) is 2.45. The second-order valence-corrected chi connectivity index (χ2v) is 6.74. The van der Waals surface area contributed by atoms with Crippen LogP contribution in [-0.4, -0.2) is 41.5 Å². The Morgan fingerprint density at radius 1 is 1.30 bits per heavy atom. The molecular weight excluding hydrogens is 250 g/mol. The van der Waals surface area contributed by atoms with E-state index in [1.807, 2.05) is 0 Å². The minimum atomic E-state index is -0.295. The van der Waals surface area contributed by atoms with Crippen molar-refractivity contribution in [2.45, 2.75) is 77.4 Å². The molecule has 2 aliphatic rings. The van der Waals surface area contributed by atoms with Gasteiger partial charge in [0.05, 0.1) is 11.1 Å². The highest BCUT2D eigenvalue weighted by Gasteiger charge is 2.48. The van der Waals surface area contributed by atoms with Crippen LogP contribution in [0.15, 0.2) is 0 Å². The first-order valence-corrected chi connectivity index (χ1v) is 8.44. The zero-order chi connectivity index (χ0) is 14.8. The fourth-order valence-corrected chi connectivity index (χ4v) is 4.09. The van der Waals surface area contributed by atoms with Crippen molar-refractivity contribution >= 4 is 5.78 Å². The standard InChI is InChI=1S/C17H31NO2/c1-5-16(4,18(6-2)7-3)15(19)14-9-12-20-17(13-14)10-8-11-17/h14H,5-13H2,1-4H3. The lowest BCUT2D eigenvalue weighted by molar-refractivity contribution is -0.162. The molecule has 0 aromatic carbocycles. The van der Waals surface area contributed by atoms with E-state index in [1.165, 1.54) is 6.42 Å². The van der Waals surface area contributed by atoms with Crippen LogP contribution in [0.1, 0.15) is 66.2 Å². The molecule has 1 heterocycles. The van der Waals surface area contributed by atoms with E-state index in [1.54, 1.807) is 0 Å². The van der Waals surface area contributed by atoms with Gasteiger partial charge in [-0.1, -0.05) is 20.8 Å². The lowest BCUT2D eigenvalue weighted by Gasteiger charge is -2.49. The highest BCUT2D eigenvalue weighted by atomic mass is 16.5. The number of ether oxygens (including phenoxy) is 1. The van der Waals surface area contributed by atoms with Gasteiger partial charge in [-0.25, -0.2) is 0 Å². The zero-order valence-electron chi connectivity index (χ0n) is 13.7. The third-order valence-electron chi connectivity index (χ3n) is 5.81. The Morgan fingerprint density at radius 3 is 2.40 bits per heavy atom. The number of ketones is 1. The van der Waals surface area contributed by atoms with Gasteiger partial charge in [0.25, 0.3) is 0 Å². The maximum absolute atomic E-state index is 13.1. The molecule has 2 atom stereocenters. The molecule has 116 valence electrons. The summed E-state index contributed by atoms with van der Waals surface area (Å²) in [6, 6.07) is 0. The smallest absolute Gasteiger partial charge is 0.156 e. The number of hydrogen-bond acceptors (Lipinski definition) is 3. The second kappa shape index (κ2) is 6.15. The van der Waals surface area contributed by atoms with Crippen molar-refractivity contribution in [1.29, 1.82) is 0 Å². The summed E-state index contributed by atoms with van der Waals surface area (Å²) in [4.78, 5) is 15.5. The third-order valence-corrected chi connectivity index (χ3v) is 5.81. The Labute approximate surface area is 124 Å². The molecule has 0 bridgehead atoms. The van der Waals surface area contributed by atoms with Crippen molar-refractivity contribution in [1.82, 2.24) is 4.90 Å². The van der Waals surface area contributed by atoms with E-state index < -0.39 is 0 Å². The third kappa shape index (κ3) is 2.67. The molecule has 0 aromatic rings. The van der Waals surface area contributed by atoms with Crippen LogP contribution in [-0.2, 0) is 9.53 Å². The number of hydrogen-bond donors (Lipinski definition) is 0. The molecule has 3 heteroatoms. The quantitative estimate of drug-likeness (QED) is 0.747.